The Labute approximate surface area is 152 Å². The van der Waals surface area contributed by atoms with Crippen LogP contribution in [-0.2, 0) is 16.0 Å². The molecule has 1 heterocycles. The number of nitrogens with zero attached hydrogens (tertiary/aromatic N) is 3. The van der Waals surface area contributed by atoms with Crippen molar-refractivity contribution in [3.05, 3.63) is 18.0 Å². The van der Waals surface area contributed by atoms with Gasteiger partial charge in [0.1, 0.15) is 0 Å². The first-order valence-electron chi connectivity index (χ1n) is 9.43. The first kappa shape index (κ1) is 21.4. The predicted octanol–water partition coefficient (Wildman–Crippen LogP) is 1.97. The van der Waals surface area contributed by atoms with Crippen LogP contribution in [0.5, 0.6) is 0 Å². The quantitative estimate of drug-likeness (QED) is 0.304. The van der Waals surface area contributed by atoms with Crippen LogP contribution in [0.25, 0.3) is 0 Å². The minimum Gasteiger partial charge on any atom is -0.379 e. The van der Waals surface area contributed by atoms with E-state index in [4.69, 9.17) is 9.47 Å². The minimum absolute atomic E-state index is 0.641. The van der Waals surface area contributed by atoms with Gasteiger partial charge in [-0.1, -0.05) is 13.3 Å². The van der Waals surface area contributed by atoms with Gasteiger partial charge in [0.25, 0.3) is 0 Å². The van der Waals surface area contributed by atoms with E-state index in [0.717, 1.165) is 51.6 Å². The monoisotopic (exact) mass is 353 g/mol. The second-order valence-electron chi connectivity index (χ2n) is 5.90. The molecule has 0 saturated heterocycles. The molecule has 0 radical (unpaired) electrons. The van der Waals surface area contributed by atoms with E-state index < -0.39 is 0 Å². The van der Waals surface area contributed by atoms with E-state index in [2.05, 4.69) is 40.8 Å². The van der Waals surface area contributed by atoms with Crippen LogP contribution in [0.15, 0.2) is 17.4 Å². The summed E-state index contributed by atoms with van der Waals surface area (Å²) < 4.78 is 13.0. The van der Waals surface area contributed by atoms with Crippen molar-refractivity contribution in [2.24, 2.45) is 4.99 Å². The van der Waals surface area contributed by atoms with Crippen LogP contribution in [0.3, 0.4) is 0 Å². The van der Waals surface area contributed by atoms with Crippen LogP contribution in [0.2, 0.25) is 0 Å². The second kappa shape index (κ2) is 14.7. The van der Waals surface area contributed by atoms with Gasteiger partial charge in [-0.2, -0.15) is 5.10 Å². The SMILES string of the molecule is CCCCOCCOCCNC(=NCCCn1cc(C)cn1)NCC. The van der Waals surface area contributed by atoms with Gasteiger partial charge in [-0.05, 0) is 32.3 Å². The van der Waals surface area contributed by atoms with E-state index in [1.807, 2.05) is 17.8 Å². The summed E-state index contributed by atoms with van der Waals surface area (Å²) in [4.78, 5) is 4.58. The third-order valence-corrected chi connectivity index (χ3v) is 3.47. The van der Waals surface area contributed by atoms with Gasteiger partial charge < -0.3 is 20.1 Å². The maximum absolute atomic E-state index is 5.55. The zero-order valence-electron chi connectivity index (χ0n) is 16.1. The van der Waals surface area contributed by atoms with Crippen LogP contribution in [0.1, 0.15) is 38.7 Å². The Morgan fingerprint density at radius 1 is 1.12 bits per heavy atom. The lowest BCUT2D eigenvalue weighted by molar-refractivity contribution is 0.0487. The van der Waals surface area contributed by atoms with Crippen molar-refractivity contribution in [3.8, 4) is 0 Å². The lowest BCUT2D eigenvalue weighted by Gasteiger charge is -2.11. The molecular weight excluding hydrogens is 318 g/mol. The van der Waals surface area contributed by atoms with Gasteiger partial charge in [0.2, 0.25) is 0 Å². The molecule has 0 bridgehead atoms. The fraction of sp³-hybridized carbons (Fsp3) is 0.778. The molecular formula is C18H35N5O2. The van der Waals surface area contributed by atoms with Crippen LogP contribution in [-0.4, -0.2) is 61.8 Å². The van der Waals surface area contributed by atoms with E-state index in [9.17, 15) is 0 Å². The van der Waals surface area contributed by atoms with Gasteiger partial charge >= 0.3 is 0 Å². The second-order valence-corrected chi connectivity index (χ2v) is 5.90. The number of hydrogen-bond donors (Lipinski definition) is 2. The zero-order valence-corrected chi connectivity index (χ0v) is 16.1. The summed E-state index contributed by atoms with van der Waals surface area (Å²) in [6.07, 6.45) is 7.17. The first-order chi connectivity index (χ1) is 12.3. The summed E-state index contributed by atoms with van der Waals surface area (Å²) in [5.74, 6) is 0.835. The Morgan fingerprint density at radius 3 is 2.60 bits per heavy atom. The highest BCUT2D eigenvalue weighted by molar-refractivity contribution is 5.79. The molecule has 0 fully saturated rings. The highest BCUT2D eigenvalue weighted by Gasteiger charge is 1.98. The number of rotatable bonds is 14. The van der Waals surface area contributed by atoms with Crippen LogP contribution in [0, 0.1) is 6.92 Å². The number of unbranched alkanes of at least 4 members (excludes halogenated alkanes) is 1. The lowest BCUT2D eigenvalue weighted by Crippen LogP contribution is -2.39. The molecule has 0 aliphatic rings. The van der Waals surface area contributed by atoms with Crippen molar-refractivity contribution >= 4 is 5.96 Å². The number of ether oxygens (including phenoxy) is 2. The van der Waals surface area contributed by atoms with Gasteiger partial charge in [-0.3, -0.25) is 9.67 Å². The van der Waals surface area contributed by atoms with Crippen molar-refractivity contribution in [3.63, 3.8) is 0 Å². The molecule has 0 aliphatic heterocycles. The molecule has 0 aliphatic carbocycles. The largest absolute Gasteiger partial charge is 0.379 e. The zero-order chi connectivity index (χ0) is 18.2. The third kappa shape index (κ3) is 11.6. The van der Waals surface area contributed by atoms with Crippen LogP contribution >= 0.6 is 0 Å². The van der Waals surface area contributed by atoms with Crippen molar-refractivity contribution in [1.29, 1.82) is 0 Å². The number of aromatic nitrogens is 2. The summed E-state index contributed by atoms with van der Waals surface area (Å²) in [7, 11) is 0. The number of guanidine groups is 1. The van der Waals surface area contributed by atoms with E-state index in [-0.39, 0.29) is 0 Å². The number of aryl methyl sites for hydroxylation is 2. The number of hydrogen-bond acceptors (Lipinski definition) is 4. The first-order valence-corrected chi connectivity index (χ1v) is 9.43. The summed E-state index contributed by atoms with van der Waals surface area (Å²) in [6.45, 7) is 12.3. The van der Waals surface area contributed by atoms with Gasteiger partial charge in [0, 0.05) is 39.0 Å². The Balaban J connectivity index is 2.07. The molecule has 0 atom stereocenters. The summed E-state index contributed by atoms with van der Waals surface area (Å²) in [5, 5.41) is 10.8. The molecule has 25 heavy (non-hydrogen) atoms. The Kier molecular flexibility index (Phi) is 12.6. The van der Waals surface area contributed by atoms with Crippen LogP contribution in [0.4, 0.5) is 0 Å². The highest BCUT2D eigenvalue weighted by Crippen LogP contribution is 1.96. The predicted molar refractivity (Wildman–Crippen MR) is 102 cm³/mol. The molecule has 7 heteroatoms. The standard InChI is InChI=1S/C18H35N5O2/c1-4-6-11-24-13-14-25-12-9-21-18(19-5-2)20-8-7-10-23-16-17(3)15-22-23/h15-16H,4-14H2,1-3H3,(H2,19,20,21). The molecule has 0 aromatic carbocycles. The van der Waals surface area contributed by atoms with E-state index in [1.54, 1.807) is 0 Å². The van der Waals surface area contributed by atoms with Gasteiger partial charge in [0.15, 0.2) is 5.96 Å². The molecule has 1 aromatic rings. The summed E-state index contributed by atoms with van der Waals surface area (Å²) >= 11 is 0. The highest BCUT2D eigenvalue weighted by atomic mass is 16.5. The molecule has 7 nitrogen and oxygen atoms in total. The van der Waals surface area contributed by atoms with E-state index in [1.165, 1.54) is 12.0 Å². The van der Waals surface area contributed by atoms with Crippen molar-refractivity contribution < 1.29 is 9.47 Å². The lowest BCUT2D eigenvalue weighted by atomic mass is 10.4. The van der Waals surface area contributed by atoms with Crippen LogP contribution < -0.4 is 10.6 Å². The molecule has 2 N–H and O–H groups in total. The van der Waals surface area contributed by atoms with Gasteiger partial charge in [0.05, 0.1) is 26.0 Å². The smallest absolute Gasteiger partial charge is 0.191 e. The molecule has 0 saturated carbocycles. The van der Waals surface area contributed by atoms with Crippen molar-refractivity contribution in [1.82, 2.24) is 20.4 Å². The van der Waals surface area contributed by atoms with Gasteiger partial charge in [-0.25, -0.2) is 0 Å². The summed E-state index contributed by atoms with van der Waals surface area (Å²) in [6, 6.07) is 0. The minimum atomic E-state index is 0.641. The van der Waals surface area contributed by atoms with E-state index >= 15 is 0 Å². The molecule has 0 spiro atoms. The average molecular weight is 354 g/mol. The molecule has 0 amide bonds. The Morgan fingerprint density at radius 2 is 1.92 bits per heavy atom. The maximum atomic E-state index is 5.55. The van der Waals surface area contributed by atoms with Crippen molar-refractivity contribution in [2.45, 2.75) is 46.6 Å². The Bertz CT molecular complexity index is 462. The topological polar surface area (TPSA) is 72.7 Å². The Hall–Kier alpha value is -1.60. The third-order valence-electron chi connectivity index (χ3n) is 3.47. The molecule has 1 rings (SSSR count). The van der Waals surface area contributed by atoms with Gasteiger partial charge in [-0.15, -0.1) is 0 Å². The molecule has 0 unspecified atom stereocenters. The maximum Gasteiger partial charge on any atom is 0.191 e. The molecule has 144 valence electrons. The fourth-order valence-electron chi connectivity index (χ4n) is 2.16. The number of aliphatic imine (C=N–C) groups is 1. The average Bonchev–Trinajstić information content (AvgIpc) is 3.02. The number of nitrogens with one attached hydrogen (secondary N) is 2. The fourth-order valence-corrected chi connectivity index (χ4v) is 2.16. The van der Waals surface area contributed by atoms with Crippen molar-refractivity contribution in [2.75, 3.05) is 46.1 Å². The summed E-state index contributed by atoms with van der Waals surface area (Å²) in [5.41, 5.74) is 1.19. The molecule has 1 aromatic heterocycles. The normalized spacial score (nSPS) is 11.7. The van der Waals surface area contributed by atoms with E-state index in [0.29, 0.717) is 19.8 Å².